The van der Waals surface area contributed by atoms with E-state index in [0.29, 0.717) is 5.02 Å². The number of hydrogen-bond donors (Lipinski definition) is 2. The molecular weight excluding hydrogens is 388 g/mol. The number of methoxy groups -OCH3 is 1. The average Bonchev–Trinajstić information content (AvgIpc) is 3.44. The summed E-state index contributed by atoms with van der Waals surface area (Å²) in [4.78, 5) is 12.6. The van der Waals surface area contributed by atoms with Gasteiger partial charge in [-0.2, -0.15) is 0 Å². The molecule has 1 fully saturated rings. The lowest BCUT2D eigenvalue weighted by Gasteiger charge is -2.17. The quantitative estimate of drug-likeness (QED) is 0.736. The maximum absolute atomic E-state index is 12.6. The summed E-state index contributed by atoms with van der Waals surface area (Å²) in [5.74, 6) is -0.202. The molecule has 1 aliphatic rings. The number of carbonyl (C=O) groups excluding carboxylic acids is 1. The first-order chi connectivity index (χ1) is 12.8. The molecule has 1 saturated carbocycles. The molecule has 0 spiro atoms. The van der Waals surface area contributed by atoms with Crippen LogP contribution in [0, 0.1) is 0 Å². The molecular formula is C19H21ClN2O4S. The smallest absolute Gasteiger partial charge is 0.251 e. The van der Waals surface area contributed by atoms with Crippen molar-refractivity contribution in [2.75, 3.05) is 7.11 Å². The zero-order valence-corrected chi connectivity index (χ0v) is 16.6. The molecule has 1 amide bonds. The standard InChI is InChI=1S/C19H21ClN2O4S/c1-12(15-5-3-4-6-16(15)20)21-19(23)13-7-10-17(26-2)18(11-13)27(24,25)22-14-8-9-14/h3-7,10-12,14,22H,8-9H2,1-2H3,(H,21,23)/t12-/m1/s1. The number of amides is 1. The van der Waals surface area contributed by atoms with E-state index in [4.69, 9.17) is 16.3 Å². The lowest BCUT2D eigenvalue weighted by atomic mass is 10.1. The third kappa shape index (κ3) is 4.61. The van der Waals surface area contributed by atoms with Crippen molar-refractivity contribution in [1.29, 1.82) is 0 Å². The van der Waals surface area contributed by atoms with Gasteiger partial charge in [-0.3, -0.25) is 4.79 Å². The van der Waals surface area contributed by atoms with Crippen molar-refractivity contribution in [2.45, 2.75) is 36.7 Å². The summed E-state index contributed by atoms with van der Waals surface area (Å²) in [5.41, 5.74) is 1.01. The molecule has 3 rings (SSSR count). The Morgan fingerprint density at radius 3 is 2.56 bits per heavy atom. The van der Waals surface area contributed by atoms with Crippen molar-refractivity contribution >= 4 is 27.5 Å². The lowest BCUT2D eigenvalue weighted by molar-refractivity contribution is 0.0939. The molecule has 0 heterocycles. The maximum Gasteiger partial charge on any atom is 0.251 e. The lowest BCUT2D eigenvalue weighted by Crippen LogP contribution is -2.28. The van der Waals surface area contributed by atoms with Gasteiger partial charge in [0, 0.05) is 16.6 Å². The van der Waals surface area contributed by atoms with Crippen molar-refractivity contribution in [3.05, 3.63) is 58.6 Å². The molecule has 0 aromatic heterocycles. The second kappa shape index (κ2) is 7.88. The molecule has 0 aliphatic heterocycles. The number of rotatable bonds is 7. The van der Waals surface area contributed by atoms with E-state index in [2.05, 4.69) is 10.0 Å². The van der Waals surface area contributed by atoms with Gasteiger partial charge in [0.05, 0.1) is 13.2 Å². The highest BCUT2D eigenvalue weighted by Gasteiger charge is 2.30. The second-order valence-electron chi connectivity index (χ2n) is 6.48. The van der Waals surface area contributed by atoms with Crippen LogP contribution in [0.25, 0.3) is 0 Å². The average molecular weight is 409 g/mol. The van der Waals surface area contributed by atoms with Crippen molar-refractivity contribution in [1.82, 2.24) is 10.0 Å². The molecule has 0 saturated heterocycles. The first kappa shape index (κ1) is 19.7. The highest BCUT2D eigenvalue weighted by Crippen LogP contribution is 2.29. The van der Waals surface area contributed by atoms with Gasteiger partial charge in [-0.1, -0.05) is 29.8 Å². The third-order valence-electron chi connectivity index (χ3n) is 4.33. The van der Waals surface area contributed by atoms with Gasteiger partial charge in [0.25, 0.3) is 5.91 Å². The highest BCUT2D eigenvalue weighted by atomic mass is 35.5. The number of hydrogen-bond acceptors (Lipinski definition) is 4. The van der Waals surface area contributed by atoms with Gasteiger partial charge in [-0.05, 0) is 49.6 Å². The van der Waals surface area contributed by atoms with Gasteiger partial charge >= 0.3 is 0 Å². The molecule has 0 radical (unpaired) electrons. The Morgan fingerprint density at radius 1 is 1.22 bits per heavy atom. The van der Waals surface area contributed by atoms with Gasteiger partial charge in [0.15, 0.2) is 0 Å². The zero-order valence-electron chi connectivity index (χ0n) is 15.0. The molecule has 2 aromatic rings. The zero-order chi connectivity index (χ0) is 19.6. The molecule has 6 nitrogen and oxygen atoms in total. The largest absolute Gasteiger partial charge is 0.495 e. The summed E-state index contributed by atoms with van der Waals surface area (Å²) in [6.07, 6.45) is 1.63. The first-order valence-corrected chi connectivity index (χ1v) is 10.4. The number of sulfonamides is 1. The summed E-state index contributed by atoms with van der Waals surface area (Å²) in [6.45, 7) is 1.81. The van der Waals surface area contributed by atoms with Crippen molar-refractivity contribution in [3.8, 4) is 5.75 Å². The Kier molecular flexibility index (Phi) is 5.74. The minimum absolute atomic E-state index is 0.0440. The van der Waals surface area contributed by atoms with Gasteiger partial charge in [-0.15, -0.1) is 0 Å². The van der Waals surface area contributed by atoms with Crippen LogP contribution in [0.15, 0.2) is 47.4 Å². The molecule has 1 atom stereocenters. The van der Waals surface area contributed by atoms with Crippen LogP contribution in [0.1, 0.15) is 41.7 Å². The maximum atomic E-state index is 12.6. The van der Waals surface area contributed by atoms with Gasteiger partial charge in [0.1, 0.15) is 10.6 Å². The van der Waals surface area contributed by atoms with Crippen LogP contribution in [0.3, 0.4) is 0 Å². The molecule has 2 N–H and O–H groups in total. The predicted octanol–water partition coefficient (Wildman–Crippen LogP) is 3.28. The topological polar surface area (TPSA) is 84.5 Å². The Labute approximate surface area is 163 Å². The summed E-state index contributed by atoms with van der Waals surface area (Å²) >= 11 is 6.17. The SMILES string of the molecule is COc1ccc(C(=O)N[C@H](C)c2ccccc2Cl)cc1S(=O)(=O)NC1CC1. The Morgan fingerprint density at radius 2 is 1.93 bits per heavy atom. The first-order valence-electron chi connectivity index (χ1n) is 8.57. The number of benzene rings is 2. The Hall–Kier alpha value is -2.09. The summed E-state index contributed by atoms with van der Waals surface area (Å²) < 4.78 is 32.9. The summed E-state index contributed by atoms with van der Waals surface area (Å²) in [5, 5.41) is 3.40. The molecule has 2 aromatic carbocycles. The third-order valence-corrected chi connectivity index (χ3v) is 6.22. The summed E-state index contributed by atoms with van der Waals surface area (Å²) in [7, 11) is -2.37. The van der Waals surface area contributed by atoms with Crippen LogP contribution in [-0.2, 0) is 10.0 Å². The van der Waals surface area contributed by atoms with Crippen molar-refractivity contribution < 1.29 is 17.9 Å². The number of carbonyl (C=O) groups is 1. The number of ether oxygens (including phenoxy) is 1. The fourth-order valence-electron chi connectivity index (χ4n) is 2.70. The van der Waals surface area contributed by atoms with E-state index in [-0.39, 0.29) is 28.3 Å². The normalized spacial score (nSPS) is 15.2. The van der Waals surface area contributed by atoms with Crippen LogP contribution in [0.2, 0.25) is 5.02 Å². The fourth-order valence-corrected chi connectivity index (χ4v) is 4.50. The van der Waals surface area contributed by atoms with E-state index >= 15 is 0 Å². The van der Waals surface area contributed by atoms with E-state index < -0.39 is 15.9 Å². The Bertz CT molecular complexity index is 958. The van der Waals surface area contributed by atoms with Crippen LogP contribution in [0.4, 0.5) is 0 Å². The van der Waals surface area contributed by atoms with Crippen molar-refractivity contribution in [3.63, 3.8) is 0 Å². The van der Waals surface area contributed by atoms with E-state index in [0.717, 1.165) is 18.4 Å². The predicted molar refractivity (Wildman–Crippen MR) is 104 cm³/mol. The molecule has 144 valence electrons. The number of nitrogens with one attached hydrogen (secondary N) is 2. The van der Waals surface area contributed by atoms with Crippen LogP contribution < -0.4 is 14.8 Å². The van der Waals surface area contributed by atoms with Crippen molar-refractivity contribution in [2.24, 2.45) is 0 Å². The second-order valence-corrected chi connectivity index (χ2v) is 8.57. The minimum Gasteiger partial charge on any atom is -0.495 e. The van der Waals surface area contributed by atoms with Crippen LogP contribution >= 0.6 is 11.6 Å². The molecule has 1 aliphatic carbocycles. The summed E-state index contributed by atoms with van der Waals surface area (Å²) in [6, 6.07) is 11.2. The van der Waals surface area contributed by atoms with E-state index in [9.17, 15) is 13.2 Å². The molecule has 0 unspecified atom stereocenters. The molecule has 0 bridgehead atoms. The van der Waals surface area contributed by atoms with Gasteiger partial charge < -0.3 is 10.1 Å². The highest BCUT2D eigenvalue weighted by molar-refractivity contribution is 7.89. The van der Waals surface area contributed by atoms with E-state index in [1.807, 2.05) is 25.1 Å². The Balaban J connectivity index is 1.85. The van der Waals surface area contributed by atoms with Crippen LogP contribution in [0.5, 0.6) is 5.75 Å². The number of halogens is 1. The molecule has 8 heteroatoms. The minimum atomic E-state index is -3.76. The van der Waals surface area contributed by atoms with E-state index in [1.165, 1.54) is 25.3 Å². The van der Waals surface area contributed by atoms with Gasteiger partial charge in [-0.25, -0.2) is 13.1 Å². The van der Waals surface area contributed by atoms with Gasteiger partial charge in [0.2, 0.25) is 10.0 Å². The van der Waals surface area contributed by atoms with Crippen LogP contribution in [-0.4, -0.2) is 27.5 Å². The monoisotopic (exact) mass is 408 g/mol. The molecule has 27 heavy (non-hydrogen) atoms. The van der Waals surface area contributed by atoms with E-state index in [1.54, 1.807) is 6.07 Å². The fraction of sp³-hybridized carbons (Fsp3) is 0.316.